The van der Waals surface area contributed by atoms with Crippen LogP contribution in [-0.2, 0) is 6.42 Å². The fourth-order valence-corrected chi connectivity index (χ4v) is 3.30. The van der Waals surface area contributed by atoms with E-state index in [-0.39, 0.29) is 18.7 Å². The van der Waals surface area contributed by atoms with Crippen LogP contribution in [-0.4, -0.2) is 28.7 Å². The number of amides is 1. The Bertz CT molecular complexity index is 956. The third-order valence-electron chi connectivity index (χ3n) is 3.91. The second-order valence-corrected chi connectivity index (χ2v) is 7.11. The first-order valence-electron chi connectivity index (χ1n) is 8.46. The normalized spacial score (nSPS) is 12.2. The van der Waals surface area contributed by atoms with Gasteiger partial charge in [-0.1, -0.05) is 18.1 Å². The van der Waals surface area contributed by atoms with Crippen LogP contribution in [0.15, 0.2) is 51.8 Å². The molecular formula is C19H17N3O4S. The van der Waals surface area contributed by atoms with E-state index < -0.39 is 0 Å². The number of hydrogen-bond acceptors (Lipinski definition) is 7. The minimum atomic E-state index is -0.290. The van der Waals surface area contributed by atoms with E-state index in [4.69, 9.17) is 13.9 Å². The molecule has 3 aromatic rings. The molecule has 0 unspecified atom stereocenters. The van der Waals surface area contributed by atoms with Crippen LogP contribution in [0.4, 0.5) is 6.01 Å². The number of carbonyl (C=O) groups is 1. The fraction of sp³-hybridized carbons (Fsp3) is 0.211. The third-order valence-corrected chi connectivity index (χ3v) is 4.80. The Kier molecular flexibility index (Phi) is 4.97. The molecule has 0 radical (unpaired) electrons. The van der Waals surface area contributed by atoms with Gasteiger partial charge in [0.2, 0.25) is 12.7 Å². The maximum absolute atomic E-state index is 12.3. The van der Waals surface area contributed by atoms with Crippen molar-refractivity contribution >= 4 is 23.7 Å². The van der Waals surface area contributed by atoms with E-state index in [2.05, 4.69) is 22.4 Å². The molecule has 0 aliphatic carbocycles. The summed E-state index contributed by atoms with van der Waals surface area (Å²) in [5.74, 6) is 2.52. The molecule has 1 aliphatic heterocycles. The summed E-state index contributed by atoms with van der Waals surface area (Å²) in [4.78, 5) is 13.4. The number of rotatable bonds is 6. The van der Waals surface area contributed by atoms with Gasteiger partial charge in [-0.15, -0.1) is 16.9 Å². The Labute approximate surface area is 160 Å². The topological polar surface area (TPSA) is 86.5 Å². The number of nitrogens with one attached hydrogen (secondary N) is 1. The molecule has 1 aliphatic rings. The molecule has 0 atom stereocenters. The summed E-state index contributed by atoms with van der Waals surface area (Å²) >= 11 is 1.72. The SMILES string of the molecule is CCSc1ccc(C(=O)Nc2nnc(Cc3ccc4c(c3)OCO4)o2)cc1. The Balaban J connectivity index is 1.39. The zero-order chi connectivity index (χ0) is 18.6. The highest BCUT2D eigenvalue weighted by Crippen LogP contribution is 2.33. The minimum Gasteiger partial charge on any atom is -0.454 e. The molecule has 4 rings (SSSR count). The lowest BCUT2D eigenvalue weighted by molar-refractivity contribution is 0.102. The molecule has 27 heavy (non-hydrogen) atoms. The van der Waals surface area contributed by atoms with E-state index in [1.807, 2.05) is 30.3 Å². The molecule has 1 aromatic heterocycles. The van der Waals surface area contributed by atoms with Gasteiger partial charge >= 0.3 is 6.01 Å². The van der Waals surface area contributed by atoms with Crippen molar-refractivity contribution in [2.24, 2.45) is 0 Å². The monoisotopic (exact) mass is 383 g/mol. The molecule has 7 nitrogen and oxygen atoms in total. The van der Waals surface area contributed by atoms with Crippen molar-refractivity contribution in [3.63, 3.8) is 0 Å². The van der Waals surface area contributed by atoms with Gasteiger partial charge in [-0.3, -0.25) is 10.1 Å². The van der Waals surface area contributed by atoms with Crippen molar-refractivity contribution < 1.29 is 18.7 Å². The molecule has 8 heteroatoms. The number of benzene rings is 2. The van der Waals surface area contributed by atoms with Gasteiger partial charge in [-0.25, -0.2) is 0 Å². The molecule has 0 fully saturated rings. The van der Waals surface area contributed by atoms with Crippen LogP contribution in [0.3, 0.4) is 0 Å². The van der Waals surface area contributed by atoms with E-state index in [1.165, 1.54) is 0 Å². The Hall–Kier alpha value is -3.00. The molecule has 2 heterocycles. The largest absolute Gasteiger partial charge is 0.454 e. The second-order valence-electron chi connectivity index (χ2n) is 5.78. The maximum atomic E-state index is 12.3. The van der Waals surface area contributed by atoms with Crippen LogP contribution < -0.4 is 14.8 Å². The van der Waals surface area contributed by atoms with E-state index >= 15 is 0 Å². The Morgan fingerprint density at radius 1 is 1.11 bits per heavy atom. The standard InChI is InChI=1S/C19H17N3O4S/c1-2-27-14-6-4-13(5-7-14)18(23)20-19-22-21-17(26-19)10-12-3-8-15-16(9-12)25-11-24-15/h3-9H,2,10-11H2,1H3,(H,20,22,23). The number of hydrogen-bond donors (Lipinski definition) is 1. The Morgan fingerprint density at radius 2 is 1.93 bits per heavy atom. The third kappa shape index (κ3) is 4.06. The first-order valence-corrected chi connectivity index (χ1v) is 9.45. The molecule has 0 saturated heterocycles. The van der Waals surface area contributed by atoms with Crippen LogP contribution in [0, 0.1) is 0 Å². The second kappa shape index (κ2) is 7.71. The number of anilines is 1. The van der Waals surface area contributed by atoms with Crippen molar-refractivity contribution in [3.05, 3.63) is 59.5 Å². The average Bonchev–Trinajstić information content (AvgIpc) is 3.31. The number of carbonyl (C=O) groups excluding carboxylic acids is 1. The predicted molar refractivity (Wildman–Crippen MR) is 100 cm³/mol. The van der Waals surface area contributed by atoms with Crippen molar-refractivity contribution in [3.8, 4) is 11.5 Å². The van der Waals surface area contributed by atoms with Crippen LogP contribution >= 0.6 is 11.8 Å². The highest BCUT2D eigenvalue weighted by atomic mass is 32.2. The maximum Gasteiger partial charge on any atom is 0.322 e. The van der Waals surface area contributed by atoms with Crippen LogP contribution in [0.25, 0.3) is 0 Å². The molecule has 0 spiro atoms. The summed E-state index contributed by atoms with van der Waals surface area (Å²) in [7, 11) is 0. The van der Waals surface area contributed by atoms with Gasteiger partial charge < -0.3 is 13.9 Å². The number of ether oxygens (including phenoxy) is 2. The first kappa shape index (κ1) is 17.4. The first-order chi connectivity index (χ1) is 13.2. The van der Waals surface area contributed by atoms with Gasteiger partial charge in [0.05, 0.1) is 6.42 Å². The zero-order valence-electron chi connectivity index (χ0n) is 14.6. The van der Waals surface area contributed by atoms with Gasteiger partial charge in [-0.2, -0.15) is 0 Å². The number of nitrogens with zero attached hydrogens (tertiary/aromatic N) is 2. The lowest BCUT2D eigenvalue weighted by Crippen LogP contribution is -2.11. The molecular weight excluding hydrogens is 366 g/mol. The summed E-state index contributed by atoms with van der Waals surface area (Å²) in [5.41, 5.74) is 1.48. The van der Waals surface area contributed by atoms with Crippen molar-refractivity contribution in [2.45, 2.75) is 18.2 Å². The van der Waals surface area contributed by atoms with Crippen LogP contribution in [0.5, 0.6) is 11.5 Å². The van der Waals surface area contributed by atoms with Gasteiger partial charge in [0.25, 0.3) is 5.91 Å². The molecule has 1 N–H and O–H groups in total. The summed E-state index contributed by atoms with van der Waals surface area (Å²) in [6.07, 6.45) is 0.433. The molecule has 138 valence electrons. The molecule has 0 bridgehead atoms. The highest BCUT2D eigenvalue weighted by molar-refractivity contribution is 7.99. The van der Waals surface area contributed by atoms with E-state index in [1.54, 1.807) is 23.9 Å². The summed E-state index contributed by atoms with van der Waals surface area (Å²) in [6.45, 7) is 2.32. The van der Waals surface area contributed by atoms with Crippen molar-refractivity contribution in [2.75, 3.05) is 17.9 Å². The smallest absolute Gasteiger partial charge is 0.322 e. The average molecular weight is 383 g/mol. The predicted octanol–water partition coefficient (Wildman–Crippen LogP) is 3.75. The van der Waals surface area contributed by atoms with Crippen molar-refractivity contribution in [1.29, 1.82) is 0 Å². The van der Waals surface area contributed by atoms with E-state index in [0.29, 0.717) is 23.6 Å². The number of thioether (sulfide) groups is 1. The molecule has 0 saturated carbocycles. The van der Waals surface area contributed by atoms with Gasteiger partial charge in [-0.05, 0) is 47.7 Å². The highest BCUT2D eigenvalue weighted by Gasteiger charge is 2.16. The molecule has 2 aromatic carbocycles. The fourth-order valence-electron chi connectivity index (χ4n) is 2.64. The zero-order valence-corrected chi connectivity index (χ0v) is 15.4. The van der Waals surface area contributed by atoms with Crippen LogP contribution in [0.1, 0.15) is 28.7 Å². The lowest BCUT2D eigenvalue weighted by Gasteiger charge is -2.02. The summed E-state index contributed by atoms with van der Waals surface area (Å²) in [5, 5.41) is 10.5. The van der Waals surface area contributed by atoms with E-state index in [0.717, 1.165) is 22.0 Å². The summed E-state index contributed by atoms with van der Waals surface area (Å²) < 4.78 is 16.2. The lowest BCUT2D eigenvalue weighted by atomic mass is 10.1. The number of fused-ring (bicyclic) bond motifs is 1. The van der Waals surface area contributed by atoms with Gasteiger partial charge in [0.15, 0.2) is 11.5 Å². The van der Waals surface area contributed by atoms with E-state index in [9.17, 15) is 4.79 Å². The molecule has 1 amide bonds. The minimum absolute atomic E-state index is 0.0720. The van der Waals surface area contributed by atoms with Crippen LogP contribution in [0.2, 0.25) is 0 Å². The number of aromatic nitrogens is 2. The van der Waals surface area contributed by atoms with Gasteiger partial charge in [0.1, 0.15) is 0 Å². The Morgan fingerprint density at radius 3 is 2.74 bits per heavy atom. The quantitative estimate of drug-likeness (QED) is 0.649. The van der Waals surface area contributed by atoms with Crippen molar-refractivity contribution in [1.82, 2.24) is 10.2 Å². The summed E-state index contributed by atoms with van der Waals surface area (Å²) in [6, 6.07) is 13.1. The van der Waals surface area contributed by atoms with Gasteiger partial charge in [0, 0.05) is 10.5 Å².